The Labute approximate surface area is 79.6 Å². The van der Waals surface area contributed by atoms with E-state index in [1.807, 2.05) is 13.0 Å². The van der Waals surface area contributed by atoms with Crippen molar-refractivity contribution in [1.82, 2.24) is 0 Å². The number of aliphatic carboxylic acids is 1. The number of hydrogen-bond acceptors (Lipinski definition) is 1. The quantitative estimate of drug-likeness (QED) is 0.681. The van der Waals surface area contributed by atoms with Gasteiger partial charge >= 0.3 is 5.97 Å². The normalized spacial score (nSPS) is 35.7. The molecule has 1 aliphatic carbocycles. The van der Waals surface area contributed by atoms with Crippen LogP contribution in [0, 0.1) is 23.7 Å². The van der Waals surface area contributed by atoms with Crippen LogP contribution >= 0.6 is 0 Å². The molecule has 1 fully saturated rings. The second-order valence-electron chi connectivity index (χ2n) is 4.16. The van der Waals surface area contributed by atoms with Gasteiger partial charge in [-0.1, -0.05) is 19.9 Å². The molecule has 0 aliphatic heterocycles. The van der Waals surface area contributed by atoms with Crippen LogP contribution in [0.1, 0.15) is 26.7 Å². The van der Waals surface area contributed by atoms with Gasteiger partial charge in [0.2, 0.25) is 0 Å². The predicted octanol–water partition coefficient (Wildman–Crippen LogP) is 2.56. The van der Waals surface area contributed by atoms with Crippen LogP contribution in [0.4, 0.5) is 0 Å². The minimum atomic E-state index is -0.675. The predicted molar refractivity (Wildman–Crippen MR) is 52.4 cm³/mol. The summed E-state index contributed by atoms with van der Waals surface area (Å²) in [6, 6.07) is 0. The molecule has 0 saturated heterocycles. The first-order chi connectivity index (χ1) is 6.07. The van der Waals surface area contributed by atoms with Crippen LogP contribution in [0.25, 0.3) is 0 Å². The molecule has 0 amide bonds. The lowest BCUT2D eigenvalue weighted by Crippen LogP contribution is -2.24. The number of carboxylic acids is 1. The van der Waals surface area contributed by atoms with E-state index in [4.69, 9.17) is 5.11 Å². The zero-order valence-corrected chi connectivity index (χ0v) is 8.36. The van der Waals surface area contributed by atoms with Crippen LogP contribution in [0.2, 0.25) is 0 Å². The summed E-state index contributed by atoms with van der Waals surface area (Å²) in [5.74, 6) is 0.388. The van der Waals surface area contributed by atoms with Gasteiger partial charge in [-0.15, -0.1) is 6.58 Å². The van der Waals surface area contributed by atoms with Gasteiger partial charge in [0.05, 0.1) is 5.92 Å². The molecule has 74 valence electrons. The molecule has 4 atom stereocenters. The van der Waals surface area contributed by atoms with Crippen molar-refractivity contribution in [2.75, 3.05) is 0 Å². The fourth-order valence-electron chi connectivity index (χ4n) is 2.44. The fourth-order valence-corrected chi connectivity index (χ4v) is 2.44. The van der Waals surface area contributed by atoms with Gasteiger partial charge in [-0.05, 0) is 30.6 Å². The van der Waals surface area contributed by atoms with Crippen molar-refractivity contribution in [1.29, 1.82) is 0 Å². The van der Waals surface area contributed by atoms with Gasteiger partial charge in [-0.2, -0.15) is 0 Å². The Hall–Kier alpha value is -0.790. The molecule has 0 aromatic heterocycles. The molecule has 2 nitrogen and oxygen atoms in total. The SMILES string of the molecule is C=CC1C(C)CCC1C(C)C(=O)O. The Kier molecular flexibility index (Phi) is 3.12. The maximum Gasteiger partial charge on any atom is 0.306 e. The summed E-state index contributed by atoms with van der Waals surface area (Å²) in [5, 5.41) is 8.91. The van der Waals surface area contributed by atoms with Gasteiger partial charge in [0.15, 0.2) is 0 Å². The average Bonchev–Trinajstić information content (AvgIpc) is 2.45. The molecule has 1 rings (SSSR count). The van der Waals surface area contributed by atoms with Crippen LogP contribution < -0.4 is 0 Å². The zero-order chi connectivity index (χ0) is 10.0. The van der Waals surface area contributed by atoms with Crippen molar-refractivity contribution >= 4 is 5.97 Å². The van der Waals surface area contributed by atoms with Gasteiger partial charge in [0.25, 0.3) is 0 Å². The monoisotopic (exact) mass is 182 g/mol. The minimum absolute atomic E-state index is 0.229. The lowest BCUT2D eigenvalue weighted by molar-refractivity contribution is -0.143. The third kappa shape index (κ3) is 1.93. The molecule has 0 bridgehead atoms. The minimum Gasteiger partial charge on any atom is -0.481 e. The van der Waals surface area contributed by atoms with Crippen LogP contribution in [0.5, 0.6) is 0 Å². The molecular formula is C11H18O2. The first kappa shape index (κ1) is 10.3. The molecule has 2 heteroatoms. The highest BCUT2D eigenvalue weighted by molar-refractivity contribution is 5.70. The highest BCUT2D eigenvalue weighted by atomic mass is 16.4. The Morgan fingerprint density at radius 2 is 2.23 bits per heavy atom. The topological polar surface area (TPSA) is 37.3 Å². The molecule has 0 radical (unpaired) electrons. The zero-order valence-electron chi connectivity index (χ0n) is 8.36. The Balaban J connectivity index is 2.70. The first-order valence-corrected chi connectivity index (χ1v) is 4.93. The Morgan fingerprint density at radius 3 is 2.69 bits per heavy atom. The van der Waals surface area contributed by atoms with E-state index < -0.39 is 5.97 Å². The number of allylic oxidation sites excluding steroid dienone is 1. The largest absolute Gasteiger partial charge is 0.481 e. The molecule has 0 aromatic rings. The summed E-state index contributed by atoms with van der Waals surface area (Å²) < 4.78 is 0. The van der Waals surface area contributed by atoms with E-state index in [-0.39, 0.29) is 5.92 Å². The molecule has 0 heterocycles. The Bertz CT molecular complexity index is 210. The summed E-state index contributed by atoms with van der Waals surface area (Å²) in [4.78, 5) is 10.8. The van der Waals surface area contributed by atoms with Crippen LogP contribution in [-0.2, 0) is 4.79 Å². The third-order valence-electron chi connectivity index (χ3n) is 3.41. The van der Waals surface area contributed by atoms with Crippen LogP contribution in [0.15, 0.2) is 12.7 Å². The summed E-state index contributed by atoms with van der Waals surface area (Å²) in [5.41, 5.74) is 0. The van der Waals surface area contributed by atoms with E-state index in [1.54, 1.807) is 0 Å². The first-order valence-electron chi connectivity index (χ1n) is 4.93. The highest BCUT2D eigenvalue weighted by Crippen LogP contribution is 2.41. The van der Waals surface area contributed by atoms with Crippen LogP contribution in [-0.4, -0.2) is 11.1 Å². The summed E-state index contributed by atoms with van der Waals surface area (Å²) >= 11 is 0. The fraction of sp³-hybridized carbons (Fsp3) is 0.727. The standard InChI is InChI=1S/C11H18O2/c1-4-9-7(2)5-6-10(9)8(3)11(12)13/h4,7-10H,1,5-6H2,2-3H3,(H,12,13). The van der Waals surface area contributed by atoms with Gasteiger partial charge in [0, 0.05) is 0 Å². The van der Waals surface area contributed by atoms with Crippen molar-refractivity contribution in [3.05, 3.63) is 12.7 Å². The van der Waals surface area contributed by atoms with Crippen molar-refractivity contribution in [3.63, 3.8) is 0 Å². The number of carbonyl (C=O) groups is 1. The third-order valence-corrected chi connectivity index (χ3v) is 3.41. The molecule has 13 heavy (non-hydrogen) atoms. The van der Waals surface area contributed by atoms with Gasteiger partial charge < -0.3 is 5.11 Å². The van der Waals surface area contributed by atoms with E-state index in [0.29, 0.717) is 17.8 Å². The van der Waals surface area contributed by atoms with Gasteiger partial charge in [-0.3, -0.25) is 4.79 Å². The average molecular weight is 182 g/mol. The summed E-state index contributed by atoms with van der Waals surface area (Å²) in [6.45, 7) is 7.78. The van der Waals surface area contributed by atoms with E-state index in [2.05, 4.69) is 13.5 Å². The van der Waals surface area contributed by atoms with Crippen molar-refractivity contribution < 1.29 is 9.90 Å². The smallest absolute Gasteiger partial charge is 0.306 e. The molecule has 1 N–H and O–H groups in total. The number of carboxylic acid groups (broad SMARTS) is 1. The maximum absolute atomic E-state index is 10.8. The highest BCUT2D eigenvalue weighted by Gasteiger charge is 2.37. The second-order valence-corrected chi connectivity index (χ2v) is 4.16. The molecule has 0 aromatic carbocycles. The molecular weight excluding hydrogens is 164 g/mol. The number of rotatable bonds is 3. The number of hydrogen-bond donors (Lipinski definition) is 1. The summed E-state index contributed by atoms with van der Waals surface area (Å²) in [7, 11) is 0. The molecule has 1 saturated carbocycles. The van der Waals surface area contributed by atoms with E-state index in [1.165, 1.54) is 0 Å². The van der Waals surface area contributed by atoms with E-state index >= 15 is 0 Å². The lowest BCUT2D eigenvalue weighted by atomic mass is 9.82. The summed E-state index contributed by atoms with van der Waals surface area (Å²) in [6.07, 6.45) is 4.10. The lowest BCUT2D eigenvalue weighted by Gasteiger charge is -2.22. The molecule has 0 spiro atoms. The van der Waals surface area contributed by atoms with Crippen molar-refractivity contribution in [2.45, 2.75) is 26.7 Å². The molecule has 1 aliphatic rings. The Morgan fingerprint density at radius 1 is 1.62 bits per heavy atom. The van der Waals surface area contributed by atoms with E-state index in [9.17, 15) is 4.79 Å². The van der Waals surface area contributed by atoms with E-state index in [0.717, 1.165) is 12.8 Å². The van der Waals surface area contributed by atoms with Gasteiger partial charge in [-0.25, -0.2) is 0 Å². The van der Waals surface area contributed by atoms with Crippen molar-refractivity contribution in [3.8, 4) is 0 Å². The second kappa shape index (κ2) is 3.95. The molecule has 4 unspecified atom stereocenters. The van der Waals surface area contributed by atoms with Crippen LogP contribution in [0.3, 0.4) is 0 Å². The van der Waals surface area contributed by atoms with Crippen molar-refractivity contribution in [2.24, 2.45) is 23.7 Å². The van der Waals surface area contributed by atoms with Gasteiger partial charge in [0.1, 0.15) is 0 Å². The maximum atomic E-state index is 10.8.